The number of aliphatic hydroxyl groups is 1. The van der Waals surface area contributed by atoms with E-state index in [0.29, 0.717) is 13.1 Å². The molecular formula is C13H16F3NO2. The number of alkyl halides is 3. The van der Waals surface area contributed by atoms with Gasteiger partial charge >= 0.3 is 6.36 Å². The van der Waals surface area contributed by atoms with Crippen molar-refractivity contribution in [2.45, 2.75) is 37.8 Å². The van der Waals surface area contributed by atoms with E-state index in [9.17, 15) is 18.3 Å². The topological polar surface area (TPSA) is 41.5 Å². The van der Waals surface area contributed by atoms with Gasteiger partial charge in [0, 0.05) is 13.1 Å². The van der Waals surface area contributed by atoms with Crippen LogP contribution in [0.2, 0.25) is 0 Å². The highest BCUT2D eigenvalue weighted by Gasteiger charge is 2.33. The third-order valence-electron chi connectivity index (χ3n) is 3.22. The zero-order chi connectivity index (χ0) is 13.9. The normalized spacial score (nSPS) is 17.9. The lowest BCUT2D eigenvalue weighted by Crippen LogP contribution is -2.45. The molecule has 1 saturated carbocycles. The molecule has 0 aromatic heterocycles. The van der Waals surface area contributed by atoms with Crippen molar-refractivity contribution in [1.82, 2.24) is 5.32 Å². The van der Waals surface area contributed by atoms with Crippen LogP contribution in [0.1, 0.15) is 24.8 Å². The molecule has 0 saturated heterocycles. The van der Waals surface area contributed by atoms with Crippen LogP contribution in [-0.4, -0.2) is 23.6 Å². The number of ether oxygens (including phenoxy) is 1. The number of hydrogen-bond donors (Lipinski definition) is 2. The first-order chi connectivity index (χ1) is 8.86. The first-order valence-corrected chi connectivity index (χ1v) is 6.14. The SMILES string of the molecule is OC1(CNCc2ccc(OC(F)(F)F)cc2)CCC1. The van der Waals surface area contributed by atoms with Crippen LogP contribution in [0, 0.1) is 0 Å². The third kappa shape index (κ3) is 4.40. The molecule has 0 atom stereocenters. The van der Waals surface area contributed by atoms with E-state index in [4.69, 9.17) is 0 Å². The van der Waals surface area contributed by atoms with Crippen LogP contribution in [0.5, 0.6) is 5.75 Å². The summed E-state index contributed by atoms with van der Waals surface area (Å²) in [6.07, 6.45) is -2.01. The van der Waals surface area contributed by atoms with Gasteiger partial charge in [-0.1, -0.05) is 12.1 Å². The van der Waals surface area contributed by atoms with Crippen LogP contribution in [0.15, 0.2) is 24.3 Å². The molecule has 0 unspecified atom stereocenters. The minimum atomic E-state index is -4.66. The number of rotatable bonds is 5. The van der Waals surface area contributed by atoms with Gasteiger partial charge in [0.2, 0.25) is 0 Å². The van der Waals surface area contributed by atoms with Gasteiger partial charge in [-0.15, -0.1) is 13.2 Å². The van der Waals surface area contributed by atoms with Gasteiger partial charge in [-0.2, -0.15) is 0 Å². The largest absolute Gasteiger partial charge is 0.573 e. The molecule has 6 heteroatoms. The average Bonchev–Trinajstić information content (AvgIpc) is 2.27. The van der Waals surface area contributed by atoms with Crippen LogP contribution < -0.4 is 10.1 Å². The predicted molar refractivity (Wildman–Crippen MR) is 63.6 cm³/mol. The minimum Gasteiger partial charge on any atom is -0.406 e. The summed E-state index contributed by atoms with van der Waals surface area (Å²) in [6.45, 7) is 1.02. The molecule has 106 valence electrons. The maximum absolute atomic E-state index is 12.0. The highest BCUT2D eigenvalue weighted by molar-refractivity contribution is 5.27. The Hall–Kier alpha value is -1.27. The van der Waals surface area contributed by atoms with Crippen molar-refractivity contribution < 1.29 is 23.0 Å². The molecule has 0 heterocycles. The van der Waals surface area contributed by atoms with Crippen molar-refractivity contribution in [1.29, 1.82) is 0 Å². The summed E-state index contributed by atoms with van der Waals surface area (Å²) in [5, 5.41) is 13.0. The second-order valence-corrected chi connectivity index (χ2v) is 4.87. The summed E-state index contributed by atoms with van der Waals surface area (Å²) in [5.74, 6) is -0.228. The molecule has 1 aromatic rings. The Kier molecular flexibility index (Phi) is 4.01. The molecule has 0 bridgehead atoms. The lowest BCUT2D eigenvalue weighted by molar-refractivity contribution is -0.274. The van der Waals surface area contributed by atoms with Crippen LogP contribution in [0.25, 0.3) is 0 Å². The predicted octanol–water partition coefficient (Wildman–Crippen LogP) is 2.59. The molecule has 0 aliphatic heterocycles. The van der Waals surface area contributed by atoms with Gasteiger partial charge in [-0.25, -0.2) is 0 Å². The Balaban J connectivity index is 1.78. The Morgan fingerprint density at radius 3 is 2.32 bits per heavy atom. The first kappa shape index (κ1) is 14.1. The summed E-state index contributed by atoms with van der Waals surface area (Å²) in [7, 11) is 0. The standard InChI is InChI=1S/C13H16F3NO2/c14-13(15,16)19-11-4-2-10(3-5-11)8-17-9-12(18)6-1-7-12/h2-5,17-18H,1,6-9H2. The molecule has 19 heavy (non-hydrogen) atoms. The molecule has 1 aromatic carbocycles. The second-order valence-electron chi connectivity index (χ2n) is 4.87. The number of hydrogen-bond acceptors (Lipinski definition) is 3. The molecule has 1 aliphatic carbocycles. The lowest BCUT2D eigenvalue weighted by atomic mass is 9.80. The molecule has 2 rings (SSSR count). The Bertz CT molecular complexity index is 413. The number of nitrogens with one attached hydrogen (secondary N) is 1. The van der Waals surface area contributed by atoms with Crippen LogP contribution in [0.3, 0.4) is 0 Å². The van der Waals surface area contributed by atoms with Gasteiger partial charge in [0.15, 0.2) is 0 Å². The third-order valence-corrected chi connectivity index (χ3v) is 3.22. The molecular weight excluding hydrogens is 259 g/mol. The first-order valence-electron chi connectivity index (χ1n) is 6.14. The zero-order valence-corrected chi connectivity index (χ0v) is 10.3. The van der Waals surface area contributed by atoms with Crippen molar-refractivity contribution in [3.8, 4) is 5.75 Å². The summed E-state index contributed by atoms with van der Waals surface area (Å²) >= 11 is 0. The van der Waals surface area contributed by atoms with Gasteiger partial charge in [-0.3, -0.25) is 0 Å². The van der Waals surface area contributed by atoms with Gasteiger partial charge in [0.1, 0.15) is 5.75 Å². The quantitative estimate of drug-likeness (QED) is 0.868. The van der Waals surface area contributed by atoms with Crippen molar-refractivity contribution in [2.75, 3.05) is 6.54 Å². The molecule has 3 nitrogen and oxygen atoms in total. The average molecular weight is 275 g/mol. The van der Waals surface area contributed by atoms with Gasteiger partial charge in [-0.05, 0) is 37.0 Å². The molecule has 1 aliphatic rings. The van der Waals surface area contributed by atoms with E-state index in [-0.39, 0.29) is 5.75 Å². The monoisotopic (exact) mass is 275 g/mol. The lowest BCUT2D eigenvalue weighted by Gasteiger charge is -2.36. The van der Waals surface area contributed by atoms with Crippen LogP contribution >= 0.6 is 0 Å². The Morgan fingerprint density at radius 1 is 1.21 bits per heavy atom. The second kappa shape index (κ2) is 5.38. The highest BCUT2D eigenvalue weighted by atomic mass is 19.4. The van der Waals surface area contributed by atoms with Crippen molar-refractivity contribution >= 4 is 0 Å². The summed E-state index contributed by atoms with van der Waals surface area (Å²) in [5.41, 5.74) is 0.247. The molecule has 0 amide bonds. The van der Waals surface area contributed by atoms with Crippen molar-refractivity contribution in [3.05, 3.63) is 29.8 Å². The number of halogens is 3. The Morgan fingerprint density at radius 2 is 1.84 bits per heavy atom. The molecule has 0 radical (unpaired) electrons. The summed E-state index contributed by atoms with van der Waals surface area (Å²) < 4.78 is 39.7. The summed E-state index contributed by atoms with van der Waals surface area (Å²) in [6, 6.07) is 5.70. The molecule has 0 spiro atoms. The van der Waals surface area contributed by atoms with E-state index < -0.39 is 12.0 Å². The van der Waals surface area contributed by atoms with Gasteiger partial charge < -0.3 is 15.2 Å². The van der Waals surface area contributed by atoms with Gasteiger partial charge in [0.25, 0.3) is 0 Å². The fourth-order valence-electron chi connectivity index (χ4n) is 2.01. The smallest absolute Gasteiger partial charge is 0.406 e. The Labute approximate surface area is 109 Å². The van der Waals surface area contributed by atoms with Crippen LogP contribution in [-0.2, 0) is 6.54 Å². The van der Waals surface area contributed by atoms with Crippen molar-refractivity contribution in [3.63, 3.8) is 0 Å². The van der Waals surface area contributed by atoms with Gasteiger partial charge in [0.05, 0.1) is 5.60 Å². The fraction of sp³-hybridized carbons (Fsp3) is 0.538. The number of benzene rings is 1. The maximum atomic E-state index is 12.0. The van der Waals surface area contributed by atoms with E-state index in [0.717, 1.165) is 24.8 Å². The van der Waals surface area contributed by atoms with Crippen molar-refractivity contribution in [2.24, 2.45) is 0 Å². The maximum Gasteiger partial charge on any atom is 0.573 e. The minimum absolute atomic E-state index is 0.228. The molecule has 1 fully saturated rings. The van der Waals surface area contributed by atoms with E-state index in [1.165, 1.54) is 12.1 Å². The van der Waals surface area contributed by atoms with E-state index in [1.54, 1.807) is 12.1 Å². The fourth-order valence-corrected chi connectivity index (χ4v) is 2.01. The molecule has 2 N–H and O–H groups in total. The van der Waals surface area contributed by atoms with E-state index in [2.05, 4.69) is 10.1 Å². The van der Waals surface area contributed by atoms with Crippen LogP contribution in [0.4, 0.5) is 13.2 Å². The van der Waals surface area contributed by atoms with E-state index >= 15 is 0 Å². The van der Waals surface area contributed by atoms with E-state index in [1.807, 2.05) is 0 Å². The highest BCUT2D eigenvalue weighted by Crippen LogP contribution is 2.30. The zero-order valence-electron chi connectivity index (χ0n) is 10.3. The summed E-state index contributed by atoms with van der Waals surface area (Å²) in [4.78, 5) is 0.